The second-order valence-corrected chi connectivity index (χ2v) is 10.1. The molecule has 2 aromatic carbocycles. The minimum Gasteiger partial charge on any atom is -0.189 e. The largest absolute Gasteiger partial charge is 0.189 e. The van der Waals surface area contributed by atoms with Gasteiger partial charge in [0.15, 0.2) is 0 Å². The Morgan fingerprint density at radius 1 is 0.816 bits per heavy atom. The van der Waals surface area contributed by atoms with Crippen LogP contribution < -0.4 is 0 Å². The monoisotopic (exact) mass is 1100 g/mol. The van der Waals surface area contributed by atoms with Gasteiger partial charge in [0.2, 0.25) is 0 Å². The summed E-state index contributed by atoms with van der Waals surface area (Å²) < 4.78 is 0. The Bertz CT molecular complexity index is 792. The number of halogens is 3. The summed E-state index contributed by atoms with van der Waals surface area (Å²) in [5, 5.41) is 0. The molecule has 0 fully saturated rings. The topological polar surface area (TPSA) is 0 Å². The minimum absolute atomic E-state index is 0. The van der Waals surface area contributed by atoms with Crippen LogP contribution in [0.15, 0.2) is 48.5 Å². The molecule has 0 nitrogen and oxygen atoms in total. The second kappa shape index (κ2) is 29.0. The molecular formula is C32H55I3PdY2-2. The average Bonchev–Trinajstić information content (AvgIpc) is 2.98. The van der Waals surface area contributed by atoms with E-state index in [0.29, 0.717) is 5.92 Å². The van der Waals surface area contributed by atoms with Crippen LogP contribution in [0.4, 0.5) is 0 Å². The summed E-state index contributed by atoms with van der Waals surface area (Å²) >= 11 is 4.24. The molecule has 1 aliphatic rings. The fourth-order valence-corrected chi connectivity index (χ4v) is 3.42. The summed E-state index contributed by atoms with van der Waals surface area (Å²) in [6, 6.07) is 17.3. The van der Waals surface area contributed by atoms with Gasteiger partial charge in [0.1, 0.15) is 0 Å². The third kappa shape index (κ3) is 18.1. The van der Waals surface area contributed by atoms with Crippen LogP contribution >= 0.6 is 61.2 Å². The van der Waals surface area contributed by atoms with Crippen molar-refractivity contribution in [2.75, 3.05) is 0 Å². The molecular weight excluding hydrogens is 1050 g/mol. The van der Waals surface area contributed by atoms with Crippen molar-refractivity contribution in [3.8, 4) is 0 Å². The second-order valence-electron chi connectivity index (χ2n) is 10.1. The molecule has 0 unspecified atom stereocenters. The van der Waals surface area contributed by atoms with E-state index in [2.05, 4.69) is 161 Å². The van der Waals surface area contributed by atoms with Gasteiger partial charge < -0.3 is 0 Å². The van der Waals surface area contributed by atoms with E-state index < -0.39 is 0 Å². The van der Waals surface area contributed by atoms with Gasteiger partial charge in [-0.2, -0.15) is 41.7 Å². The van der Waals surface area contributed by atoms with E-state index in [1.807, 2.05) is 27.7 Å². The Morgan fingerprint density at radius 3 is 1.61 bits per heavy atom. The van der Waals surface area contributed by atoms with E-state index in [9.17, 15) is 0 Å². The first kappa shape index (κ1) is 57.0. The summed E-state index contributed by atoms with van der Waals surface area (Å²) in [4.78, 5) is 0. The zero-order valence-corrected chi connectivity index (χ0v) is 39.4. The first-order chi connectivity index (χ1) is 15.4. The van der Waals surface area contributed by atoms with Crippen LogP contribution in [0.25, 0.3) is 0 Å². The van der Waals surface area contributed by atoms with E-state index in [1.54, 1.807) is 0 Å². The van der Waals surface area contributed by atoms with Crippen molar-refractivity contribution in [1.29, 1.82) is 0 Å². The molecule has 1 aliphatic carbocycles. The maximum atomic E-state index is 2.39. The van der Waals surface area contributed by atoms with Gasteiger partial charge in [-0.3, -0.25) is 0 Å². The molecule has 0 bridgehead atoms. The summed E-state index contributed by atoms with van der Waals surface area (Å²) in [5.74, 6) is 0.669. The van der Waals surface area contributed by atoms with Gasteiger partial charge in [-0.25, -0.2) is 0 Å². The molecule has 0 N–H and O–H groups in total. The molecule has 2 radical (unpaired) electrons. The maximum absolute atomic E-state index is 2.39. The van der Waals surface area contributed by atoms with E-state index in [-0.39, 0.29) is 133 Å². The van der Waals surface area contributed by atoms with Gasteiger partial charge in [-0.1, -0.05) is 126 Å². The van der Waals surface area contributed by atoms with E-state index in [0.717, 1.165) is 0 Å². The van der Waals surface area contributed by atoms with Gasteiger partial charge in [-0.05, 0) is 5.92 Å². The zero-order valence-electron chi connectivity index (χ0n) is 25.5. The molecule has 0 aliphatic heterocycles. The summed E-state index contributed by atoms with van der Waals surface area (Å²) in [6.45, 7) is 28.6. The molecule has 0 amide bonds. The smallest absolute Gasteiger partial charge is 0 e. The van der Waals surface area contributed by atoms with Gasteiger partial charge in [0, 0.05) is 123 Å². The van der Waals surface area contributed by atoms with Crippen LogP contribution in [0.3, 0.4) is 0 Å². The van der Waals surface area contributed by atoms with E-state index in [4.69, 9.17) is 0 Å². The molecule has 38 heavy (non-hydrogen) atoms. The van der Waals surface area contributed by atoms with Crippen LogP contribution in [0.5, 0.6) is 0 Å². The van der Waals surface area contributed by atoms with Crippen LogP contribution in [0.2, 0.25) is 0 Å². The summed E-state index contributed by atoms with van der Waals surface area (Å²) in [6.07, 6.45) is 4.77. The predicted molar refractivity (Wildman–Crippen MR) is 193 cm³/mol. The Balaban J connectivity index is -0.0000000761. The van der Waals surface area contributed by atoms with E-state index >= 15 is 0 Å². The van der Waals surface area contributed by atoms with Crippen molar-refractivity contribution in [3.63, 3.8) is 0 Å². The molecule has 0 heterocycles. The molecule has 0 saturated heterocycles. The fraction of sp³-hybridized carbons (Fsp3) is 0.562. The van der Waals surface area contributed by atoms with Gasteiger partial charge in [0.05, 0.1) is 0 Å². The predicted octanol–water partition coefficient (Wildman–Crippen LogP) is 12.9. The summed E-state index contributed by atoms with van der Waals surface area (Å²) in [7, 11) is 0. The SMILES string of the molecule is C.CC.CC.CC1(C)[CH-]c2ccccc2C1(C)C.Cc1ccccc1[CH-]C(C)(C)C(C)C.I.II.[Pd].[Y].[Y]. The molecule has 3 rings (SSSR count). The Kier molecular flexibility index (Phi) is 43.4. The molecule has 0 spiro atoms. The standard InChI is InChI=1S/C14H21.C13H17.2C2H6.CH4.I2.HI.Pd.2Y/c1-11(2)14(4,5)10-13-9-7-6-8-12(13)3;1-12(2)9-10-7-5-6-8-11(10)13(12,3)4;2*1-2;;1-2;;;;/h6-11H,1-5H3;5-9H,1-4H3;2*1-2H3;1H4;;1H;;;/q2*-1;;;;;;;;. The zero-order chi connectivity index (χ0) is 26.5. The number of hydrogen-bond donors (Lipinski definition) is 0. The average molecular weight is 1100 g/mol. The van der Waals surface area contributed by atoms with Crippen LogP contribution in [0, 0.1) is 36.5 Å². The van der Waals surface area contributed by atoms with Crippen LogP contribution in [-0.2, 0) is 91.3 Å². The quantitative estimate of drug-likeness (QED) is 0.163. The van der Waals surface area contributed by atoms with Crippen LogP contribution in [-0.4, -0.2) is 0 Å². The van der Waals surface area contributed by atoms with Gasteiger partial charge in [0.25, 0.3) is 0 Å². The van der Waals surface area contributed by atoms with Crippen molar-refractivity contribution in [3.05, 3.63) is 83.6 Å². The number of aryl methyl sites for hydroxylation is 1. The number of fused-ring (bicyclic) bond motifs is 1. The number of hydrogen-bond acceptors (Lipinski definition) is 0. The molecule has 222 valence electrons. The third-order valence-corrected chi connectivity index (χ3v) is 6.97. The van der Waals surface area contributed by atoms with Crippen molar-refractivity contribution in [2.24, 2.45) is 16.7 Å². The van der Waals surface area contributed by atoms with E-state index in [1.165, 1.54) is 22.3 Å². The molecule has 0 saturated carbocycles. The van der Waals surface area contributed by atoms with Crippen molar-refractivity contribution in [2.45, 2.75) is 103 Å². The third-order valence-electron chi connectivity index (χ3n) is 6.97. The Labute approximate surface area is 344 Å². The van der Waals surface area contributed by atoms with Crippen molar-refractivity contribution >= 4 is 61.2 Å². The molecule has 6 heteroatoms. The van der Waals surface area contributed by atoms with Crippen molar-refractivity contribution < 1.29 is 85.8 Å². The van der Waals surface area contributed by atoms with Crippen LogP contribution in [0.1, 0.15) is 113 Å². The van der Waals surface area contributed by atoms with Gasteiger partial charge >= 0.3 is 0 Å². The molecule has 0 aromatic heterocycles. The normalized spacial score (nSPS) is 12.4. The number of benzene rings is 2. The first-order valence-corrected chi connectivity index (χ1v) is 18.7. The number of rotatable bonds is 3. The Hall–Kier alpha value is 3.24. The first-order valence-electron chi connectivity index (χ1n) is 12.4. The molecule has 0 atom stereocenters. The minimum atomic E-state index is 0. The van der Waals surface area contributed by atoms with Crippen molar-refractivity contribution in [1.82, 2.24) is 0 Å². The maximum Gasteiger partial charge on any atom is 0 e. The Morgan fingerprint density at radius 2 is 1.21 bits per heavy atom. The summed E-state index contributed by atoms with van der Waals surface area (Å²) in [5.41, 5.74) is 6.44. The molecule has 2 aromatic rings. The van der Waals surface area contributed by atoms with Gasteiger partial charge in [-0.15, -0.1) is 53.8 Å². The fourth-order valence-electron chi connectivity index (χ4n) is 3.42.